The first-order valence-electron chi connectivity index (χ1n) is 5.53. The minimum Gasteiger partial charge on any atom is -0.472 e. The van der Waals surface area contributed by atoms with Crippen LogP contribution in [0.2, 0.25) is 0 Å². The fraction of sp³-hybridized carbons (Fsp3) is 0.0769. The molecule has 5 heteroatoms. The molecular weight excluding hydrogens is 246 g/mol. The normalized spacial score (nSPS) is 10.4. The van der Waals surface area contributed by atoms with Gasteiger partial charge in [0.1, 0.15) is 5.69 Å². The van der Waals surface area contributed by atoms with Gasteiger partial charge in [-0.1, -0.05) is 6.07 Å². The van der Waals surface area contributed by atoms with Gasteiger partial charge in [-0.2, -0.15) is 0 Å². The summed E-state index contributed by atoms with van der Waals surface area (Å²) < 4.78 is 5.08. The van der Waals surface area contributed by atoms with E-state index in [9.17, 15) is 0 Å². The Balaban J connectivity index is 1.84. The summed E-state index contributed by atoms with van der Waals surface area (Å²) in [5.74, 6) is 0.771. The number of aromatic nitrogens is 2. The number of furan rings is 1. The second-order valence-electron chi connectivity index (χ2n) is 3.70. The average Bonchev–Trinajstić information content (AvgIpc) is 3.10. The Hall–Kier alpha value is -2.14. The number of nitrogens with one attached hydrogen (secondary N) is 1. The maximum absolute atomic E-state index is 5.08. The molecule has 0 radical (unpaired) electrons. The van der Waals surface area contributed by atoms with Gasteiger partial charge in [0.2, 0.25) is 0 Å². The van der Waals surface area contributed by atoms with Gasteiger partial charge in [0, 0.05) is 22.8 Å². The van der Waals surface area contributed by atoms with E-state index in [-0.39, 0.29) is 0 Å². The molecule has 0 aliphatic rings. The van der Waals surface area contributed by atoms with E-state index in [2.05, 4.69) is 26.7 Å². The van der Waals surface area contributed by atoms with Crippen molar-refractivity contribution in [2.75, 3.05) is 5.32 Å². The molecule has 0 saturated heterocycles. The third kappa shape index (κ3) is 2.26. The fourth-order valence-corrected chi connectivity index (χ4v) is 2.31. The highest BCUT2D eigenvalue weighted by Gasteiger charge is 2.08. The fourth-order valence-electron chi connectivity index (χ4n) is 1.66. The Morgan fingerprint density at radius 2 is 2.17 bits per heavy atom. The summed E-state index contributed by atoms with van der Waals surface area (Å²) in [7, 11) is 0. The van der Waals surface area contributed by atoms with Crippen molar-refractivity contribution in [3.8, 4) is 11.3 Å². The lowest BCUT2D eigenvalue weighted by Crippen LogP contribution is -2.02. The van der Waals surface area contributed by atoms with E-state index in [0.29, 0.717) is 0 Å². The van der Waals surface area contributed by atoms with Crippen molar-refractivity contribution in [1.82, 2.24) is 9.97 Å². The highest BCUT2D eigenvalue weighted by Crippen LogP contribution is 2.24. The van der Waals surface area contributed by atoms with Crippen LogP contribution in [0.1, 0.15) is 4.88 Å². The second kappa shape index (κ2) is 5.01. The van der Waals surface area contributed by atoms with Gasteiger partial charge in [-0.25, -0.2) is 4.98 Å². The molecule has 3 rings (SSSR count). The summed E-state index contributed by atoms with van der Waals surface area (Å²) in [6.07, 6.45) is 6.66. The van der Waals surface area contributed by atoms with Crippen LogP contribution >= 0.6 is 11.3 Å². The third-order valence-electron chi connectivity index (χ3n) is 2.50. The number of anilines is 1. The molecule has 0 spiro atoms. The Morgan fingerprint density at radius 1 is 1.22 bits per heavy atom. The first kappa shape index (κ1) is 11.0. The maximum atomic E-state index is 5.08. The highest BCUT2D eigenvalue weighted by atomic mass is 32.1. The molecule has 0 unspecified atom stereocenters. The predicted octanol–water partition coefficient (Wildman–Crippen LogP) is 3.41. The van der Waals surface area contributed by atoms with Crippen LogP contribution in [-0.4, -0.2) is 9.97 Å². The number of hydrogen-bond acceptors (Lipinski definition) is 5. The Morgan fingerprint density at radius 3 is 2.94 bits per heavy atom. The first-order valence-corrected chi connectivity index (χ1v) is 6.41. The molecule has 3 aromatic rings. The number of hydrogen-bond donors (Lipinski definition) is 1. The summed E-state index contributed by atoms with van der Waals surface area (Å²) in [6, 6.07) is 6.00. The molecule has 18 heavy (non-hydrogen) atoms. The third-order valence-corrected chi connectivity index (χ3v) is 3.38. The van der Waals surface area contributed by atoms with Crippen molar-refractivity contribution in [3.63, 3.8) is 0 Å². The van der Waals surface area contributed by atoms with Crippen molar-refractivity contribution in [3.05, 3.63) is 53.4 Å². The lowest BCUT2D eigenvalue weighted by atomic mass is 10.2. The number of nitrogens with zero attached hydrogens (tertiary/aromatic N) is 2. The van der Waals surface area contributed by atoms with Crippen molar-refractivity contribution in [2.45, 2.75) is 6.54 Å². The largest absolute Gasteiger partial charge is 0.472 e. The standard InChI is InChI=1S/C13H11N3OS/c1-2-11(18-7-1)8-16-13-12(14-4-5-15-13)10-3-6-17-9-10/h1-7,9H,8H2,(H,15,16). The zero-order valence-corrected chi connectivity index (χ0v) is 10.4. The molecule has 0 bridgehead atoms. The van der Waals surface area contributed by atoms with Crippen LogP contribution in [0.15, 0.2) is 52.9 Å². The van der Waals surface area contributed by atoms with Gasteiger partial charge < -0.3 is 9.73 Å². The van der Waals surface area contributed by atoms with Crippen molar-refractivity contribution in [2.24, 2.45) is 0 Å². The molecule has 4 nitrogen and oxygen atoms in total. The molecule has 0 saturated carbocycles. The van der Waals surface area contributed by atoms with Gasteiger partial charge in [-0.3, -0.25) is 4.98 Å². The van der Waals surface area contributed by atoms with Crippen LogP contribution in [0.25, 0.3) is 11.3 Å². The summed E-state index contributed by atoms with van der Waals surface area (Å²) in [5.41, 5.74) is 1.74. The summed E-state index contributed by atoms with van der Waals surface area (Å²) in [4.78, 5) is 9.93. The molecule has 0 atom stereocenters. The smallest absolute Gasteiger partial charge is 0.152 e. The molecular formula is C13H11N3OS. The molecule has 3 aromatic heterocycles. The molecule has 0 aliphatic heterocycles. The highest BCUT2D eigenvalue weighted by molar-refractivity contribution is 7.09. The SMILES string of the molecule is c1csc(CNc2nccnc2-c2ccoc2)c1. The van der Waals surface area contributed by atoms with Gasteiger partial charge in [0.15, 0.2) is 5.82 Å². The molecule has 0 fully saturated rings. The van der Waals surface area contributed by atoms with Gasteiger partial charge in [0.05, 0.1) is 19.1 Å². The minimum atomic E-state index is 0.751. The molecule has 0 aromatic carbocycles. The van der Waals surface area contributed by atoms with Gasteiger partial charge in [-0.05, 0) is 17.5 Å². The van der Waals surface area contributed by atoms with E-state index < -0.39 is 0 Å². The van der Waals surface area contributed by atoms with Crippen LogP contribution in [0.3, 0.4) is 0 Å². The van der Waals surface area contributed by atoms with Crippen molar-refractivity contribution < 1.29 is 4.42 Å². The van der Waals surface area contributed by atoms with E-state index in [1.54, 1.807) is 36.3 Å². The summed E-state index contributed by atoms with van der Waals surface area (Å²) >= 11 is 1.72. The average molecular weight is 257 g/mol. The van der Waals surface area contributed by atoms with Crippen LogP contribution < -0.4 is 5.32 Å². The quantitative estimate of drug-likeness (QED) is 0.778. The monoisotopic (exact) mass is 257 g/mol. The van der Waals surface area contributed by atoms with Gasteiger partial charge in [-0.15, -0.1) is 11.3 Å². The zero-order valence-electron chi connectivity index (χ0n) is 9.54. The molecule has 1 N–H and O–H groups in total. The minimum absolute atomic E-state index is 0.751. The summed E-state index contributed by atoms with van der Waals surface area (Å²) in [5, 5.41) is 5.36. The van der Waals surface area contributed by atoms with Crippen molar-refractivity contribution >= 4 is 17.2 Å². The predicted molar refractivity (Wildman–Crippen MR) is 71.4 cm³/mol. The van der Waals surface area contributed by atoms with E-state index in [1.807, 2.05) is 12.1 Å². The molecule has 0 aliphatic carbocycles. The zero-order chi connectivity index (χ0) is 12.2. The first-order chi connectivity index (χ1) is 8.93. The van der Waals surface area contributed by atoms with E-state index in [0.717, 1.165) is 23.6 Å². The number of rotatable bonds is 4. The lowest BCUT2D eigenvalue weighted by molar-refractivity contribution is 0.568. The van der Waals surface area contributed by atoms with E-state index in [4.69, 9.17) is 4.42 Å². The molecule has 3 heterocycles. The van der Waals surface area contributed by atoms with Crippen LogP contribution in [0.5, 0.6) is 0 Å². The second-order valence-corrected chi connectivity index (χ2v) is 4.73. The van der Waals surface area contributed by atoms with Gasteiger partial charge in [0.25, 0.3) is 0 Å². The number of thiophene rings is 1. The maximum Gasteiger partial charge on any atom is 0.152 e. The molecule has 0 amide bonds. The Bertz CT molecular complexity index is 605. The lowest BCUT2D eigenvalue weighted by Gasteiger charge is -2.07. The van der Waals surface area contributed by atoms with Gasteiger partial charge >= 0.3 is 0 Å². The summed E-state index contributed by atoms with van der Waals surface area (Å²) in [6.45, 7) is 0.751. The molecule has 90 valence electrons. The van der Waals surface area contributed by atoms with E-state index >= 15 is 0 Å². The van der Waals surface area contributed by atoms with Crippen LogP contribution in [0.4, 0.5) is 5.82 Å². The van der Waals surface area contributed by atoms with E-state index in [1.165, 1.54) is 4.88 Å². The Kier molecular flexibility index (Phi) is 3.06. The van der Waals surface area contributed by atoms with Crippen LogP contribution in [-0.2, 0) is 6.54 Å². The van der Waals surface area contributed by atoms with Crippen LogP contribution in [0, 0.1) is 0 Å². The Labute approximate surface area is 108 Å². The topological polar surface area (TPSA) is 51.0 Å². The van der Waals surface area contributed by atoms with Crippen molar-refractivity contribution in [1.29, 1.82) is 0 Å².